The minimum Gasteiger partial charge on any atom is -0.456 e. The maximum Gasteiger partial charge on any atom is 0.385 e. The van der Waals surface area contributed by atoms with Gasteiger partial charge in [0.15, 0.2) is 6.10 Å². The topological polar surface area (TPSA) is 108 Å². The second-order valence-corrected chi connectivity index (χ2v) is 8.53. The molecule has 40 heavy (non-hydrogen) atoms. The highest BCUT2D eigenvalue weighted by molar-refractivity contribution is 5.89. The molecule has 0 aliphatic rings. The molecule has 1 atom stereocenters. The van der Waals surface area contributed by atoms with Gasteiger partial charge in [-0.2, -0.15) is 0 Å². The molecule has 0 rings (SSSR count). The molecule has 0 fully saturated rings. The maximum atomic E-state index is 12.0. The zero-order valence-corrected chi connectivity index (χ0v) is 23.8. The summed E-state index contributed by atoms with van der Waals surface area (Å²) < 4.78 is 10.1. The summed E-state index contributed by atoms with van der Waals surface area (Å²) >= 11 is 0. The molecule has 0 saturated carbocycles. The Morgan fingerprint density at radius 3 is 1.57 bits per heavy atom. The average Bonchev–Trinajstić information content (AvgIpc) is 2.94. The molecule has 0 bridgehead atoms. The maximum absolute atomic E-state index is 12.0. The van der Waals surface area contributed by atoms with E-state index in [2.05, 4.69) is 83.9 Å². The third kappa shape index (κ3) is 28.4. The number of esters is 2. The van der Waals surface area contributed by atoms with Crippen LogP contribution in [0.15, 0.2) is 0 Å². The second-order valence-electron chi connectivity index (χ2n) is 8.53. The first-order valence-corrected chi connectivity index (χ1v) is 13.6. The van der Waals surface area contributed by atoms with E-state index in [0.717, 1.165) is 19.3 Å². The van der Waals surface area contributed by atoms with E-state index in [0.29, 0.717) is 0 Å². The molecule has 0 radical (unpaired) electrons. The van der Waals surface area contributed by atoms with Gasteiger partial charge in [-0.05, 0) is 77.5 Å². The Morgan fingerprint density at radius 2 is 1.12 bits per heavy atom. The van der Waals surface area contributed by atoms with Crippen LogP contribution >= 0.6 is 0 Å². The molecule has 6 nitrogen and oxygen atoms in total. The smallest absolute Gasteiger partial charge is 0.385 e. The Labute approximate surface area is 261 Å². The summed E-state index contributed by atoms with van der Waals surface area (Å²) in [6.45, 7) is 1.50. The van der Waals surface area contributed by atoms with Crippen LogP contribution in [-0.2, 0) is 19.1 Å². The van der Waals surface area contributed by atoms with E-state index in [-0.39, 0.29) is 37.7 Å². The largest absolute Gasteiger partial charge is 0.456 e. The van der Waals surface area contributed by atoms with Crippen LogP contribution < -0.4 is 6.15 Å². The third-order valence-electron chi connectivity index (χ3n) is 5.25. The highest BCUT2D eigenvalue weighted by Crippen LogP contribution is 2.13. The number of aliphatic hydroxyl groups excluding tert-OH is 1. The molecule has 6 heteroatoms. The SMILES string of the molecule is C#CC#CC#CC#CC#CC#CC#CC(=O)OC[C@H](CO)OC(=O)CCCCCCCCCCCCCCC.N.[HH].[HH].[HH].[HH].[HH].[HH].[HH].[HH].[HH].[HH].[HH].[HH].[HH]. The normalized spacial score (nSPS) is 9.03. The first-order chi connectivity index (χ1) is 19.1. The van der Waals surface area contributed by atoms with E-state index in [4.69, 9.17) is 15.9 Å². The number of rotatable bonds is 18. The minimum absolute atomic E-state index is 0. The zero-order valence-electron chi connectivity index (χ0n) is 23.8. The fourth-order valence-electron chi connectivity index (χ4n) is 3.26. The van der Waals surface area contributed by atoms with E-state index in [1.807, 2.05) is 0 Å². The number of hydrogen-bond donors (Lipinski definition) is 2. The number of carbonyl (C=O) groups excluding carboxylic acids is 2. The zero-order chi connectivity index (χ0) is 28.7. The van der Waals surface area contributed by atoms with E-state index in [9.17, 15) is 14.7 Å². The van der Waals surface area contributed by atoms with Crippen molar-refractivity contribution in [3.05, 3.63) is 0 Å². The van der Waals surface area contributed by atoms with Crippen molar-refractivity contribution >= 4 is 11.9 Å². The number of carbonyl (C=O) groups is 2. The summed E-state index contributed by atoms with van der Waals surface area (Å²) in [5, 5.41) is 9.38. The first kappa shape index (κ1) is 37.9. The Bertz CT molecular complexity index is 1180. The Kier molecular flexibility index (Phi) is 29.4. The Balaban J connectivity index is -0.0000000793. The predicted octanol–water partition coefficient (Wildman–Crippen LogP) is 7.93. The van der Waals surface area contributed by atoms with Gasteiger partial charge in [0.05, 0.1) is 6.61 Å². The highest BCUT2D eigenvalue weighted by Gasteiger charge is 2.15. The van der Waals surface area contributed by atoms with Crippen molar-refractivity contribution in [1.82, 2.24) is 6.15 Å². The van der Waals surface area contributed by atoms with Crippen molar-refractivity contribution in [2.24, 2.45) is 0 Å². The highest BCUT2D eigenvalue weighted by atomic mass is 16.6. The number of ether oxygens (including phenoxy) is 2. The van der Waals surface area contributed by atoms with Gasteiger partial charge in [-0.25, -0.2) is 4.79 Å². The third-order valence-corrected chi connectivity index (χ3v) is 5.25. The molecule has 0 aromatic rings. The number of hydrogen-bond acceptors (Lipinski definition) is 6. The summed E-state index contributed by atoms with van der Waals surface area (Å²) in [5.41, 5.74) is 0. The van der Waals surface area contributed by atoms with Gasteiger partial charge in [-0.3, -0.25) is 4.79 Å². The summed E-state index contributed by atoms with van der Waals surface area (Å²) in [7, 11) is 0. The monoisotopic (exact) mass is 570 g/mol. The van der Waals surface area contributed by atoms with Crippen LogP contribution in [-0.4, -0.2) is 36.4 Å². The predicted molar refractivity (Wildman–Crippen MR) is 186 cm³/mol. The Hall–Kier alpha value is -4.22. The fourth-order valence-corrected chi connectivity index (χ4v) is 3.26. The van der Waals surface area contributed by atoms with E-state index < -0.39 is 24.6 Å². The van der Waals surface area contributed by atoms with Crippen LogP contribution in [0, 0.1) is 83.4 Å². The van der Waals surface area contributed by atoms with Crippen LogP contribution in [0.2, 0.25) is 0 Å². The number of terminal acetylenes is 1. The molecule has 238 valence electrons. The van der Waals surface area contributed by atoms with Crippen molar-refractivity contribution < 1.29 is 42.7 Å². The summed E-state index contributed by atoms with van der Waals surface area (Å²) in [5.74, 6) is 29.4. The lowest BCUT2D eigenvalue weighted by molar-refractivity contribution is -0.159. The number of aliphatic hydroxyl groups is 1. The van der Waals surface area contributed by atoms with Gasteiger partial charge >= 0.3 is 11.9 Å². The van der Waals surface area contributed by atoms with E-state index in [1.54, 1.807) is 0 Å². The van der Waals surface area contributed by atoms with Crippen LogP contribution in [0.25, 0.3) is 0 Å². The van der Waals surface area contributed by atoms with Gasteiger partial charge in [0, 0.05) is 30.9 Å². The van der Waals surface area contributed by atoms with Crippen LogP contribution in [0.4, 0.5) is 0 Å². The minimum atomic E-state index is -0.929. The number of unbranched alkanes of at least 4 members (excludes halogenated alkanes) is 12. The quantitative estimate of drug-likeness (QED) is 0.0751. The van der Waals surface area contributed by atoms with Crippen LogP contribution in [0.5, 0.6) is 0 Å². The molecule has 0 aliphatic carbocycles. The van der Waals surface area contributed by atoms with Crippen LogP contribution in [0.3, 0.4) is 0 Å². The fraction of sp³-hybridized carbons (Fsp3) is 0.529. The van der Waals surface area contributed by atoms with Gasteiger partial charge in [-0.15, -0.1) is 6.42 Å². The van der Waals surface area contributed by atoms with Gasteiger partial charge in [0.2, 0.25) is 0 Å². The lowest BCUT2D eigenvalue weighted by Crippen LogP contribution is -2.28. The molecule has 0 aliphatic heterocycles. The van der Waals surface area contributed by atoms with E-state index in [1.165, 1.54) is 64.2 Å². The van der Waals surface area contributed by atoms with Gasteiger partial charge in [-0.1, -0.05) is 84.0 Å². The molecule has 0 saturated heterocycles. The van der Waals surface area contributed by atoms with Gasteiger partial charge in [0.25, 0.3) is 0 Å². The average molecular weight is 570 g/mol. The first-order valence-electron chi connectivity index (χ1n) is 13.6. The van der Waals surface area contributed by atoms with Crippen molar-refractivity contribution in [2.45, 2.75) is 103 Å². The molecular formula is C34H67NO5. The molecule has 4 N–H and O–H groups in total. The molecule has 0 spiro atoms. The molecule has 0 aromatic heterocycles. The lowest BCUT2D eigenvalue weighted by Gasteiger charge is -2.14. The van der Waals surface area contributed by atoms with Crippen molar-refractivity contribution in [3.8, 4) is 83.4 Å². The van der Waals surface area contributed by atoms with E-state index >= 15 is 0 Å². The summed E-state index contributed by atoms with van der Waals surface area (Å²) in [4.78, 5) is 23.7. The van der Waals surface area contributed by atoms with Crippen molar-refractivity contribution in [1.29, 1.82) is 0 Å². The van der Waals surface area contributed by atoms with Crippen molar-refractivity contribution in [2.75, 3.05) is 13.2 Å². The summed E-state index contributed by atoms with van der Waals surface area (Å²) in [6, 6.07) is 0. The van der Waals surface area contributed by atoms with Crippen LogP contribution in [0.1, 0.15) is 115 Å². The standard InChI is InChI=1S/C34H38O5.H3N.13H2/c1-3-5-7-9-11-13-15-17-19-21-23-25-27-29-34(37)39-32(30-35)31-38-33(36)28-26-24-22-20-18-16-14-12-10-8-6-4-2;;;;;;;;;;;;;;/h2,32,35H,3,5,7,9,11,13,15,17,19,21,23,25,27,29-31H2,1H3;1H3;13*1H/t32-;;;;;;;;;;;;;;/m0............../s1. The van der Waals surface area contributed by atoms with Crippen molar-refractivity contribution in [3.63, 3.8) is 0 Å². The molecule has 0 aromatic carbocycles. The second kappa shape index (κ2) is 31.0. The molecule has 0 amide bonds. The summed E-state index contributed by atoms with van der Waals surface area (Å²) in [6.07, 6.45) is 20.2. The lowest BCUT2D eigenvalue weighted by atomic mass is 10.0. The van der Waals surface area contributed by atoms with Gasteiger partial charge in [0.1, 0.15) is 6.61 Å². The molecule has 0 unspecified atom stereocenters. The molecular weight excluding hydrogens is 502 g/mol. The van der Waals surface area contributed by atoms with Gasteiger partial charge < -0.3 is 20.7 Å². The molecule has 0 heterocycles. The Morgan fingerprint density at radius 1 is 0.700 bits per heavy atom.